The van der Waals surface area contributed by atoms with Gasteiger partial charge in [-0.1, -0.05) is 42.1 Å². The number of rotatable bonds is 10. The number of benzene rings is 2. The van der Waals surface area contributed by atoms with E-state index in [1.54, 1.807) is 19.2 Å². The maximum Gasteiger partial charge on any atom is 0.250 e. The Kier molecular flexibility index (Phi) is 8.09. The Balaban J connectivity index is 1.63. The number of hydrazone groups is 1. The second-order valence-electron chi connectivity index (χ2n) is 6.42. The lowest BCUT2D eigenvalue weighted by molar-refractivity contribution is -0.118. The maximum atomic E-state index is 12.3. The Bertz CT molecular complexity index is 1090. The van der Waals surface area contributed by atoms with E-state index in [9.17, 15) is 4.79 Å². The molecule has 1 aromatic heterocycles. The number of methoxy groups -OCH3 is 3. The number of thioether (sulfide) groups is 1. The van der Waals surface area contributed by atoms with E-state index < -0.39 is 0 Å². The first-order valence-electron chi connectivity index (χ1n) is 9.85. The molecule has 1 heterocycles. The third-order valence-electron chi connectivity index (χ3n) is 4.52. The molecule has 1 amide bonds. The van der Waals surface area contributed by atoms with Gasteiger partial charge < -0.3 is 18.8 Å². The molecule has 32 heavy (non-hydrogen) atoms. The molecule has 10 heteroatoms. The summed E-state index contributed by atoms with van der Waals surface area (Å²) in [7, 11) is 4.60. The van der Waals surface area contributed by atoms with Gasteiger partial charge in [0, 0.05) is 17.7 Å². The highest BCUT2D eigenvalue weighted by atomic mass is 32.2. The molecule has 1 N–H and O–H groups in total. The molecule has 0 aliphatic heterocycles. The van der Waals surface area contributed by atoms with Crippen LogP contribution in [0.3, 0.4) is 0 Å². The summed E-state index contributed by atoms with van der Waals surface area (Å²) in [6, 6.07) is 13.3. The van der Waals surface area contributed by atoms with Gasteiger partial charge in [0.1, 0.15) is 0 Å². The van der Waals surface area contributed by atoms with E-state index in [1.165, 1.54) is 32.2 Å². The fourth-order valence-corrected chi connectivity index (χ4v) is 3.84. The first-order chi connectivity index (χ1) is 15.6. The zero-order valence-corrected chi connectivity index (χ0v) is 19.2. The molecule has 2 aromatic carbocycles. The van der Waals surface area contributed by atoms with Crippen LogP contribution in [-0.2, 0) is 11.3 Å². The smallest absolute Gasteiger partial charge is 0.250 e. The van der Waals surface area contributed by atoms with Crippen LogP contribution in [0.4, 0.5) is 0 Å². The Hall–Kier alpha value is -3.53. The monoisotopic (exact) mass is 455 g/mol. The Morgan fingerprint density at radius 2 is 1.81 bits per heavy atom. The van der Waals surface area contributed by atoms with Gasteiger partial charge >= 0.3 is 0 Å². The lowest BCUT2D eigenvalue weighted by atomic mass is 10.2. The van der Waals surface area contributed by atoms with Crippen molar-refractivity contribution < 1.29 is 19.0 Å². The molecule has 9 nitrogen and oxygen atoms in total. The van der Waals surface area contributed by atoms with Crippen molar-refractivity contribution >= 4 is 23.9 Å². The molecule has 0 aliphatic carbocycles. The quantitative estimate of drug-likeness (QED) is 0.285. The van der Waals surface area contributed by atoms with Crippen molar-refractivity contribution in [3.63, 3.8) is 0 Å². The minimum Gasteiger partial charge on any atom is -0.493 e. The predicted molar refractivity (Wildman–Crippen MR) is 124 cm³/mol. The molecule has 0 spiro atoms. The third-order valence-corrected chi connectivity index (χ3v) is 5.49. The predicted octanol–water partition coefficient (Wildman–Crippen LogP) is 3.23. The van der Waals surface area contributed by atoms with Crippen molar-refractivity contribution in [1.82, 2.24) is 20.2 Å². The topological polar surface area (TPSA) is 99.9 Å². The van der Waals surface area contributed by atoms with E-state index in [-0.39, 0.29) is 11.7 Å². The van der Waals surface area contributed by atoms with Gasteiger partial charge in [0.25, 0.3) is 5.91 Å². The van der Waals surface area contributed by atoms with Crippen LogP contribution in [0.2, 0.25) is 0 Å². The van der Waals surface area contributed by atoms with Gasteiger partial charge in [-0.15, -0.1) is 10.2 Å². The van der Waals surface area contributed by atoms with Crippen LogP contribution in [-0.4, -0.2) is 54.0 Å². The van der Waals surface area contributed by atoms with E-state index in [0.717, 1.165) is 11.4 Å². The number of aromatic nitrogens is 3. The maximum absolute atomic E-state index is 12.3. The van der Waals surface area contributed by atoms with E-state index in [1.807, 2.05) is 41.8 Å². The van der Waals surface area contributed by atoms with Crippen molar-refractivity contribution in [1.29, 1.82) is 0 Å². The number of nitrogens with zero attached hydrogens (tertiary/aromatic N) is 4. The highest BCUT2D eigenvalue weighted by molar-refractivity contribution is 7.99. The highest BCUT2D eigenvalue weighted by Gasteiger charge is 2.16. The molecule has 0 fully saturated rings. The molecule has 0 saturated carbocycles. The third kappa shape index (κ3) is 5.20. The molecule has 0 aliphatic rings. The number of hydrogen-bond donors (Lipinski definition) is 1. The van der Waals surface area contributed by atoms with Crippen molar-refractivity contribution in [3.8, 4) is 28.6 Å². The minimum absolute atomic E-state index is 0.146. The normalized spacial score (nSPS) is 10.9. The number of carbonyl (C=O) groups is 1. The number of amides is 1. The van der Waals surface area contributed by atoms with E-state index >= 15 is 0 Å². The molecular weight excluding hydrogens is 430 g/mol. The average Bonchev–Trinajstić information content (AvgIpc) is 3.25. The number of nitrogens with one attached hydrogen (secondary N) is 1. The largest absolute Gasteiger partial charge is 0.493 e. The van der Waals surface area contributed by atoms with Gasteiger partial charge in [-0.25, -0.2) is 5.43 Å². The summed E-state index contributed by atoms with van der Waals surface area (Å²) >= 11 is 1.30. The Morgan fingerprint density at radius 1 is 1.06 bits per heavy atom. The van der Waals surface area contributed by atoms with Gasteiger partial charge in [-0.05, 0) is 19.1 Å². The standard InChI is InChI=1S/C22H25N5O4S/c1-5-27-21(15-9-7-6-8-10-15)25-26-22(27)32-14-18(28)24-23-13-16-11-12-17(29-2)20(31-4)19(16)30-3/h6-13H,5,14H2,1-4H3,(H,24,28). The van der Waals surface area contributed by atoms with Crippen LogP contribution in [0.25, 0.3) is 11.4 Å². The van der Waals surface area contributed by atoms with E-state index in [2.05, 4.69) is 20.7 Å². The van der Waals surface area contributed by atoms with Gasteiger partial charge in [-0.2, -0.15) is 5.10 Å². The van der Waals surface area contributed by atoms with E-state index in [0.29, 0.717) is 34.5 Å². The van der Waals surface area contributed by atoms with Crippen LogP contribution in [0.15, 0.2) is 52.7 Å². The highest BCUT2D eigenvalue weighted by Crippen LogP contribution is 2.38. The fraction of sp³-hybridized carbons (Fsp3) is 0.273. The van der Waals surface area contributed by atoms with Gasteiger partial charge in [0.05, 0.1) is 33.3 Å². The summed E-state index contributed by atoms with van der Waals surface area (Å²) in [6.45, 7) is 2.71. The summed E-state index contributed by atoms with van der Waals surface area (Å²) in [4.78, 5) is 12.3. The number of hydrogen-bond acceptors (Lipinski definition) is 8. The van der Waals surface area contributed by atoms with Gasteiger partial charge in [0.2, 0.25) is 5.75 Å². The lowest BCUT2D eigenvalue weighted by Crippen LogP contribution is -2.20. The second-order valence-corrected chi connectivity index (χ2v) is 7.36. The average molecular weight is 456 g/mol. The summed E-state index contributed by atoms with van der Waals surface area (Å²) in [5.41, 5.74) is 4.13. The van der Waals surface area contributed by atoms with Gasteiger partial charge in [0.15, 0.2) is 22.5 Å². The molecule has 3 aromatic rings. The van der Waals surface area contributed by atoms with Crippen molar-refractivity contribution in [2.45, 2.75) is 18.6 Å². The molecule has 0 radical (unpaired) electrons. The summed E-state index contributed by atoms with van der Waals surface area (Å²) < 4.78 is 18.0. The summed E-state index contributed by atoms with van der Waals surface area (Å²) in [5, 5.41) is 13.2. The SMILES string of the molecule is CCn1c(SCC(=O)NN=Cc2ccc(OC)c(OC)c2OC)nnc1-c1ccccc1. The number of carbonyl (C=O) groups excluding carboxylic acids is 1. The molecule has 168 valence electrons. The molecule has 3 rings (SSSR count). The van der Waals surface area contributed by atoms with Crippen LogP contribution >= 0.6 is 11.8 Å². The molecule has 0 unspecified atom stereocenters. The molecule has 0 bridgehead atoms. The van der Waals surface area contributed by atoms with Crippen molar-refractivity contribution in [3.05, 3.63) is 48.0 Å². The van der Waals surface area contributed by atoms with Crippen LogP contribution in [0.1, 0.15) is 12.5 Å². The molecule has 0 atom stereocenters. The van der Waals surface area contributed by atoms with Gasteiger partial charge in [-0.3, -0.25) is 4.79 Å². The van der Waals surface area contributed by atoms with Crippen molar-refractivity contribution in [2.24, 2.45) is 5.10 Å². The summed E-state index contributed by atoms with van der Waals surface area (Å²) in [6.07, 6.45) is 1.49. The van der Waals surface area contributed by atoms with Crippen molar-refractivity contribution in [2.75, 3.05) is 27.1 Å². The fourth-order valence-electron chi connectivity index (χ4n) is 3.04. The number of ether oxygens (including phenoxy) is 3. The van der Waals surface area contributed by atoms with Crippen LogP contribution < -0.4 is 19.6 Å². The van der Waals surface area contributed by atoms with E-state index in [4.69, 9.17) is 14.2 Å². The minimum atomic E-state index is -0.266. The Morgan fingerprint density at radius 3 is 2.47 bits per heavy atom. The summed E-state index contributed by atoms with van der Waals surface area (Å²) in [5.74, 6) is 2.11. The molecule has 0 saturated heterocycles. The van der Waals surface area contributed by atoms with Crippen LogP contribution in [0.5, 0.6) is 17.2 Å². The first kappa shape index (κ1) is 23.1. The lowest BCUT2D eigenvalue weighted by Gasteiger charge is -2.13. The van der Waals surface area contributed by atoms with Crippen LogP contribution in [0, 0.1) is 0 Å². The second kappa shape index (κ2) is 11.2. The molecular formula is C22H25N5O4S. The zero-order chi connectivity index (χ0) is 22.9. The Labute approximate surface area is 190 Å². The first-order valence-corrected chi connectivity index (χ1v) is 10.8. The zero-order valence-electron chi connectivity index (χ0n) is 18.4.